The highest BCUT2D eigenvalue weighted by Gasteiger charge is 2.29. The Morgan fingerprint density at radius 2 is 2.29 bits per heavy atom. The lowest BCUT2D eigenvalue weighted by molar-refractivity contribution is 0.199. The highest BCUT2D eigenvalue weighted by molar-refractivity contribution is 6.08. The summed E-state index contributed by atoms with van der Waals surface area (Å²) in [6, 6.07) is 6.80. The summed E-state index contributed by atoms with van der Waals surface area (Å²) in [5, 5.41) is 15.0. The summed E-state index contributed by atoms with van der Waals surface area (Å²) in [7, 11) is 0. The molecule has 0 aromatic heterocycles. The molecule has 2 heterocycles. The molecule has 1 aromatic carbocycles. The standard InChI is InChI=1S/C15H13FN4O/c1-9-3-2-4-12(16)14(9)20-15(18)11(7-17)10-5-6-21-8-13(10)19-20/h2-5H,6,8,18H2,1H3. The van der Waals surface area contributed by atoms with Gasteiger partial charge in [0.1, 0.15) is 29.0 Å². The van der Waals surface area contributed by atoms with E-state index in [-0.39, 0.29) is 18.1 Å². The molecule has 2 aliphatic rings. The van der Waals surface area contributed by atoms with Crippen LogP contribution in [0.1, 0.15) is 5.56 Å². The molecule has 106 valence electrons. The minimum Gasteiger partial charge on any atom is -0.383 e. The van der Waals surface area contributed by atoms with Crippen molar-refractivity contribution in [1.29, 1.82) is 5.26 Å². The molecular formula is C15H13FN4O. The molecule has 0 bridgehead atoms. The van der Waals surface area contributed by atoms with Gasteiger partial charge in [0.2, 0.25) is 0 Å². The van der Waals surface area contributed by atoms with Gasteiger partial charge in [-0.3, -0.25) is 0 Å². The molecule has 0 amide bonds. The van der Waals surface area contributed by atoms with Crippen LogP contribution >= 0.6 is 0 Å². The molecule has 0 saturated heterocycles. The number of benzene rings is 1. The predicted molar refractivity (Wildman–Crippen MR) is 76.8 cm³/mol. The third-order valence-electron chi connectivity index (χ3n) is 3.44. The van der Waals surface area contributed by atoms with Gasteiger partial charge >= 0.3 is 0 Å². The number of aryl methyl sites for hydroxylation is 1. The van der Waals surface area contributed by atoms with E-state index in [0.717, 1.165) is 0 Å². The van der Waals surface area contributed by atoms with Crippen molar-refractivity contribution >= 4 is 11.4 Å². The Bertz CT molecular complexity index is 722. The molecular weight excluding hydrogens is 271 g/mol. The highest BCUT2D eigenvalue weighted by Crippen LogP contribution is 2.32. The third kappa shape index (κ3) is 2.08. The molecule has 2 aliphatic heterocycles. The van der Waals surface area contributed by atoms with Gasteiger partial charge < -0.3 is 10.5 Å². The number of rotatable bonds is 1. The summed E-state index contributed by atoms with van der Waals surface area (Å²) in [5.41, 5.74) is 8.52. The second kappa shape index (κ2) is 5.04. The Labute approximate surface area is 121 Å². The Morgan fingerprint density at radius 1 is 1.48 bits per heavy atom. The molecule has 5 nitrogen and oxygen atoms in total. The normalized spacial score (nSPS) is 17.9. The Kier molecular flexibility index (Phi) is 3.20. The number of nitrogens with two attached hydrogens (primary N) is 1. The fourth-order valence-electron chi connectivity index (χ4n) is 2.42. The van der Waals surface area contributed by atoms with Gasteiger partial charge in [0, 0.05) is 5.57 Å². The monoisotopic (exact) mass is 284 g/mol. The van der Waals surface area contributed by atoms with Crippen LogP contribution in [0.5, 0.6) is 0 Å². The van der Waals surface area contributed by atoms with Crippen molar-refractivity contribution < 1.29 is 9.13 Å². The zero-order valence-corrected chi connectivity index (χ0v) is 11.4. The molecule has 6 heteroatoms. The Morgan fingerprint density at radius 3 is 3.00 bits per heavy atom. The minimum atomic E-state index is -0.441. The van der Waals surface area contributed by atoms with E-state index in [1.165, 1.54) is 11.1 Å². The molecule has 21 heavy (non-hydrogen) atoms. The highest BCUT2D eigenvalue weighted by atomic mass is 19.1. The number of para-hydroxylation sites is 1. The van der Waals surface area contributed by atoms with Crippen molar-refractivity contribution in [2.45, 2.75) is 6.92 Å². The van der Waals surface area contributed by atoms with E-state index >= 15 is 0 Å². The fourth-order valence-corrected chi connectivity index (χ4v) is 2.42. The van der Waals surface area contributed by atoms with Crippen LogP contribution in [0.25, 0.3) is 0 Å². The first-order valence-electron chi connectivity index (χ1n) is 6.44. The number of fused-ring (bicyclic) bond motifs is 1. The summed E-state index contributed by atoms with van der Waals surface area (Å²) >= 11 is 0. The van der Waals surface area contributed by atoms with Crippen LogP contribution in [0.4, 0.5) is 10.1 Å². The van der Waals surface area contributed by atoms with Crippen molar-refractivity contribution in [3.63, 3.8) is 0 Å². The topological polar surface area (TPSA) is 74.6 Å². The number of ether oxygens (including phenoxy) is 1. The first-order chi connectivity index (χ1) is 10.1. The lowest BCUT2D eigenvalue weighted by Crippen LogP contribution is -2.35. The number of anilines is 1. The fraction of sp³-hybridized carbons (Fsp3) is 0.200. The van der Waals surface area contributed by atoms with Crippen LogP contribution < -0.4 is 10.7 Å². The van der Waals surface area contributed by atoms with Crippen LogP contribution in [0.2, 0.25) is 0 Å². The molecule has 0 unspecified atom stereocenters. The second-order valence-electron chi connectivity index (χ2n) is 4.77. The summed E-state index contributed by atoms with van der Waals surface area (Å²) in [4.78, 5) is 0. The quantitative estimate of drug-likeness (QED) is 0.855. The van der Waals surface area contributed by atoms with Gasteiger partial charge in [0.15, 0.2) is 0 Å². The molecule has 0 aliphatic carbocycles. The zero-order valence-electron chi connectivity index (χ0n) is 11.4. The van der Waals surface area contributed by atoms with Crippen LogP contribution in [0.15, 0.2) is 46.3 Å². The number of halogens is 1. The minimum absolute atomic E-state index is 0.127. The van der Waals surface area contributed by atoms with Gasteiger partial charge in [-0.25, -0.2) is 9.40 Å². The van der Waals surface area contributed by atoms with E-state index in [1.807, 2.05) is 0 Å². The molecule has 0 atom stereocenters. The third-order valence-corrected chi connectivity index (χ3v) is 3.44. The van der Waals surface area contributed by atoms with E-state index in [1.54, 1.807) is 25.1 Å². The van der Waals surface area contributed by atoms with Gasteiger partial charge in [-0.2, -0.15) is 10.4 Å². The lowest BCUT2D eigenvalue weighted by atomic mass is 9.99. The van der Waals surface area contributed by atoms with Crippen molar-refractivity contribution in [3.8, 4) is 6.07 Å². The zero-order chi connectivity index (χ0) is 15.0. The number of allylic oxidation sites excluding steroid dienone is 1. The lowest BCUT2D eigenvalue weighted by Gasteiger charge is -2.30. The van der Waals surface area contributed by atoms with Gasteiger partial charge in [0.25, 0.3) is 0 Å². The summed E-state index contributed by atoms with van der Waals surface area (Å²) in [6.07, 6.45) is 1.76. The molecule has 0 saturated carbocycles. The Hall–Kier alpha value is -2.65. The number of hydrazone groups is 1. The number of nitrogens with zero attached hydrogens (tertiary/aromatic N) is 3. The number of hydrogen-bond donors (Lipinski definition) is 1. The van der Waals surface area contributed by atoms with E-state index in [2.05, 4.69) is 11.2 Å². The smallest absolute Gasteiger partial charge is 0.149 e. The maximum Gasteiger partial charge on any atom is 0.149 e. The summed E-state index contributed by atoms with van der Waals surface area (Å²) in [6.45, 7) is 2.44. The van der Waals surface area contributed by atoms with Crippen LogP contribution in [0, 0.1) is 24.1 Å². The summed E-state index contributed by atoms with van der Waals surface area (Å²) < 4.78 is 19.5. The van der Waals surface area contributed by atoms with Gasteiger partial charge in [-0.05, 0) is 24.6 Å². The maximum atomic E-state index is 14.1. The first-order valence-corrected chi connectivity index (χ1v) is 6.44. The van der Waals surface area contributed by atoms with Gasteiger partial charge in [-0.1, -0.05) is 12.1 Å². The van der Waals surface area contributed by atoms with Gasteiger partial charge in [0.05, 0.1) is 18.9 Å². The molecule has 2 N–H and O–H groups in total. The average molecular weight is 284 g/mol. The SMILES string of the molecule is Cc1cccc(F)c1N1N=C2COCC=C2C(C#N)=C1N. The predicted octanol–water partition coefficient (Wildman–Crippen LogP) is 1.96. The maximum absolute atomic E-state index is 14.1. The van der Waals surface area contributed by atoms with Crippen molar-refractivity contribution in [2.75, 3.05) is 18.2 Å². The van der Waals surface area contributed by atoms with Crippen LogP contribution in [-0.4, -0.2) is 18.9 Å². The largest absolute Gasteiger partial charge is 0.383 e. The van der Waals surface area contributed by atoms with Crippen LogP contribution in [-0.2, 0) is 4.74 Å². The van der Waals surface area contributed by atoms with E-state index in [0.29, 0.717) is 29.0 Å². The molecule has 1 aromatic rings. The van der Waals surface area contributed by atoms with E-state index in [4.69, 9.17) is 10.5 Å². The molecule has 0 fully saturated rings. The van der Waals surface area contributed by atoms with Crippen LogP contribution in [0.3, 0.4) is 0 Å². The molecule has 0 spiro atoms. The molecule has 0 radical (unpaired) electrons. The summed E-state index contributed by atoms with van der Waals surface area (Å²) in [5.74, 6) is -0.314. The second-order valence-corrected chi connectivity index (χ2v) is 4.77. The molecule has 3 rings (SSSR count). The van der Waals surface area contributed by atoms with Crippen molar-refractivity contribution in [3.05, 3.63) is 52.6 Å². The first kappa shape index (κ1) is 13.3. The van der Waals surface area contributed by atoms with Gasteiger partial charge in [-0.15, -0.1) is 0 Å². The van der Waals surface area contributed by atoms with E-state index in [9.17, 15) is 9.65 Å². The van der Waals surface area contributed by atoms with Crippen molar-refractivity contribution in [2.24, 2.45) is 10.8 Å². The van der Waals surface area contributed by atoms with E-state index < -0.39 is 5.82 Å². The number of hydrogen-bond acceptors (Lipinski definition) is 5. The van der Waals surface area contributed by atoms with Crippen molar-refractivity contribution in [1.82, 2.24) is 0 Å². The number of nitriles is 1. The average Bonchev–Trinajstić information content (AvgIpc) is 2.47. The Balaban J connectivity index is 2.20.